The van der Waals surface area contributed by atoms with Crippen LogP contribution in [0.2, 0.25) is 0 Å². The molecule has 1 aromatic rings. The molecule has 0 saturated carbocycles. The summed E-state index contributed by atoms with van der Waals surface area (Å²) in [6, 6.07) is 8.53. The number of aliphatic hydroxyl groups excluding tert-OH is 1. The maximum Gasteiger partial charge on any atom is 0.0914 e. The molecule has 0 unspecified atom stereocenters. The second kappa shape index (κ2) is 6.66. The minimum absolute atomic E-state index is 0.403. The Morgan fingerprint density at radius 3 is 2.44 bits per heavy atom. The molecule has 0 spiro atoms. The first-order valence-corrected chi connectivity index (χ1v) is 6.11. The minimum atomic E-state index is -0.403. The van der Waals surface area contributed by atoms with Crippen molar-refractivity contribution in [2.75, 3.05) is 6.54 Å². The second-order valence-corrected chi connectivity index (χ2v) is 4.52. The van der Waals surface area contributed by atoms with Gasteiger partial charge in [-0.1, -0.05) is 43.2 Å². The molecular weight excluding hydrogens is 198 g/mol. The van der Waals surface area contributed by atoms with Crippen LogP contribution in [0.25, 0.3) is 0 Å². The van der Waals surface area contributed by atoms with Gasteiger partial charge in [-0.15, -0.1) is 0 Å². The van der Waals surface area contributed by atoms with Gasteiger partial charge in [-0.2, -0.15) is 0 Å². The molecule has 0 aromatic heterocycles. The lowest BCUT2D eigenvalue weighted by Crippen LogP contribution is -2.30. The van der Waals surface area contributed by atoms with Crippen LogP contribution in [0, 0.1) is 6.92 Å². The van der Waals surface area contributed by atoms with Crippen LogP contribution in [-0.2, 0) is 0 Å². The molecular formula is C14H23NO. The molecule has 1 rings (SSSR count). The predicted octanol–water partition coefficient (Wildman–Crippen LogP) is 2.81. The van der Waals surface area contributed by atoms with Crippen molar-refractivity contribution < 1.29 is 5.11 Å². The van der Waals surface area contributed by atoms with Gasteiger partial charge in [0.2, 0.25) is 0 Å². The molecule has 2 heteroatoms. The van der Waals surface area contributed by atoms with Crippen molar-refractivity contribution >= 4 is 0 Å². The van der Waals surface area contributed by atoms with Gasteiger partial charge in [0.15, 0.2) is 0 Å². The van der Waals surface area contributed by atoms with E-state index in [1.165, 1.54) is 12.0 Å². The summed E-state index contributed by atoms with van der Waals surface area (Å²) in [5, 5.41) is 13.3. The summed E-state index contributed by atoms with van der Waals surface area (Å²) in [5.74, 6) is 0. The average molecular weight is 221 g/mol. The zero-order chi connectivity index (χ0) is 12.0. The van der Waals surface area contributed by atoms with Gasteiger partial charge in [-0.3, -0.25) is 0 Å². The van der Waals surface area contributed by atoms with Gasteiger partial charge in [0.1, 0.15) is 0 Å². The summed E-state index contributed by atoms with van der Waals surface area (Å²) in [6.07, 6.45) is 1.93. The molecule has 2 N–H and O–H groups in total. The molecule has 0 bridgehead atoms. The van der Waals surface area contributed by atoms with E-state index in [2.05, 4.69) is 26.1 Å². The average Bonchev–Trinajstić information content (AvgIpc) is 2.27. The van der Waals surface area contributed by atoms with E-state index in [1.807, 2.05) is 24.3 Å². The van der Waals surface area contributed by atoms with Crippen molar-refractivity contribution in [3.63, 3.8) is 0 Å². The van der Waals surface area contributed by atoms with Crippen molar-refractivity contribution in [2.24, 2.45) is 0 Å². The molecule has 0 radical (unpaired) electrons. The summed E-state index contributed by atoms with van der Waals surface area (Å²) in [5.41, 5.74) is 2.21. The van der Waals surface area contributed by atoms with E-state index in [0.717, 1.165) is 12.0 Å². The number of benzene rings is 1. The smallest absolute Gasteiger partial charge is 0.0914 e. The van der Waals surface area contributed by atoms with Crippen LogP contribution in [0.3, 0.4) is 0 Å². The molecule has 0 aliphatic carbocycles. The Kier molecular flexibility index (Phi) is 5.50. The van der Waals surface area contributed by atoms with Crippen LogP contribution >= 0.6 is 0 Å². The van der Waals surface area contributed by atoms with E-state index in [-0.39, 0.29) is 0 Å². The summed E-state index contributed by atoms with van der Waals surface area (Å²) < 4.78 is 0. The SMILES string of the molecule is CCC[C@H](C)NC[C@H](O)c1ccc(C)cc1. The van der Waals surface area contributed by atoms with Gasteiger partial charge in [0.25, 0.3) is 0 Å². The number of nitrogens with one attached hydrogen (secondary N) is 1. The fraction of sp³-hybridized carbons (Fsp3) is 0.571. The third kappa shape index (κ3) is 4.33. The fourth-order valence-corrected chi connectivity index (χ4v) is 1.75. The highest BCUT2D eigenvalue weighted by Crippen LogP contribution is 2.13. The predicted molar refractivity (Wildman–Crippen MR) is 68.5 cm³/mol. The summed E-state index contributed by atoms with van der Waals surface area (Å²) in [4.78, 5) is 0. The van der Waals surface area contributed by atoms with Crippen molar-refractivity contribution in [2.45, 2.75) is 45.8 Å². The number of aryl methyl sites for hydroxylation is 1. The Morgan fingerprint density at radius 1 is 1.25 bits per heavy atom. The highest BCUT2D eigenvalue weighted by atomic mass is 16.3. The molecule has 0 fully saturated rings. The first kappa shape index (κ1) is 13.2. The first-order valence-electron chi connectivity index (χ1n) is 6.11. The number of aliphatic hydroxyl groups is 1. The molecule has 0 amide bonds. The third-order valence-corrected chi connectivity index (χ3v) is 2.84. The molecule has 90 valence electrons. The molecule has 2 nitrogen and oxygen atoms in total. The summed E-state index contributed by atoms with van der Waals surface area (Å²) in [6.45, 7) is 7.02. The zero-order valence-electron chi connectivity index (χ0n) is 10.5. The Labute approximate surface area is 98.7 Å². The van der Waals surface area contributed by atoms with Gasteiger partial charge >= 0.3 is 0 Å². The van der Waals surface area contributed by atoms with E-state index in [9.17, 15) is 5.11 Å². The fourth-order valence-electron chi connectivity index (χ4n) is 1.75. The van der Waals surface area contributed by atoms with E-state index < -0.39 is 6.10 Å². The third-order valence-electron chi connectivity index (χ3n) is 2.84. The van der Waals surface area contributed by atoms with Crippen LogP contribution in [0.5, 0.6) is 0 Å². The second-order valence-electron chi connectivity index (χ2n) is 4.52. The number of hydrogen-bond acceptors (Lipinski definition) is 2. The van der Waals surface area contributed by atoms with E-state index >= 15 is 0 Å². The maximum atomic E-state index is 9.97. The minimum Gasteiger partial charge on any atom is -0.387 e. The molecule has 0 saturated heterocycles. The highest BCUT2D eigenvalue weighted by Gasteiger charge is 2.08. The van der Waals surface area contributed by atoms with Gasteiger partial charge < -0.3 is 10.4 Å². The topological polar surface area (TPSA) is 32.3 Å². The quantitative estimate of drug-likeness (QED) is 0.774. The highest BCUT2D eigenvalue weighted by molar-refractivity contribution is 5.23. The molecule has 16 heavy (non-hydrogen) atoms. The van der Waals surface area contributed by atoms with Gasteiger partial charge in [0.05, 0.1) is 6.10 Å². The molecule has 0 aliphatic heterocycles. The van der Waals surface area contributed by atoms with Crippen molar-refractivity contribution in [1.82, 2.24) is 5.32 Å². The van der Waals surface area contributed by atoms with Gasteiger partial charge in [0, 0.05) is 12.6 Å². The lowest BCUT2D eigenvalue weighted by Gasteiger charge is -2.17. The Balaban J connectivity index is 2.40. The van der Waals surface area contributed by atoms with Gasteiger partial charge in [-0.25, -0.2) is 0 Å². The van der Waals surface area contributed by atoms with E-state index in [0.29, 0.717) is 12.6 Å². The molecule has 1 aromatic carbocycles. The Morgan fingerprint density at radius 2 is 1.88 bits per heavy atom. The molecule has 0 aliphatic rings. The maximum absolute atomic E-state index is 9.97. The van der Waals surface area contributed by atoms with Crippen LogP contribution in [-0.4, -0.2) is 17.7 Å². The van der Waals surface area contributed by atoms with Crippen molar-refractivity contribution in [3.05, 3.63) is 35.4 Å². The number of hydrogen-bond donors (Lipinski definition) is 2. The lowest BCUT2D eigenvalue weighted by molar-refractivity contribution is 0.170. The zero-order valence-corrected chi connectivity index (χ0v) is 10.5. The normalized spacial score (nSPS) is 14.8. The molecule has 0 heterocycles. The number of rotatable bonds is 6. The standard InChI is InChI=1S/C14H23NO/c1-4-5-12(3)15-10-14(16)13-8-6-11(2)7-9-13/h6-9,12,14-16H,4-5,10H2,1-3H3/t12-,14-/m0/s1. The largest absolute Gasteiger partial charge is 0.387 e. The molecule has 2 atom stereocenters. The van der Waals surface area contributed by atoms with Crippen LogP contribution < -0.4 is 5.32 Å². The van der Waals surface area contributed by atoms with Gasteiger partial charge in [-0.05, 0) is 25.8 Å². The first-order chi connectivity index (χ1) is 7.63. The summed E-state index contributed by atoms with van der Waals surface area (Å²) >= 11 is 0. The monoisotopic (exact) mass is 221 g/mol. The van der Waals surface area contributed by atoms with Crippen molar-refractivity contribution in [1.29, 1.82) is 0 Å². The van der Waals surface area contributed by atoms with Crippen LogP contribution in [0.15, 0.2) is 24.3 Å². The van der Waals surface area contributed by atoms with Crippen LogP contribution in [0.4, 0.5) is 0 Å². The van der Waals surface area contributed by atoms with Crippen molar-refractivity contribution in [3.8, 4) is 0 Å². The van der Waals surface area contributed by atoms with E-state index in [4.69, 9.17) is 0 Å². The van der Waals surface area contributed by atoms with E-state index in [1.54, 1.807) is 0 Å². The van der Waals surface area contributed by atoms with Crippen LogP contribution in [0.1, 0.15) is 43.9 Å². The lowest BCUT2D eigenvalue weighted by atomic mass is 10.1. The Bertz CT molecular complexity index is 294. The Hall–Kier alpha value is -0.860. The summed E-state index contributed by atoms with van der Waals surface area (Å²) in [7, 11) is 0.